The number of benzene rings is 2. The van der Waals surface area contributed by atoms with Crippen LogP contribution in [0, 0.1) is 0 Å². The summed E-state index contributed by atoms with van der Waals surface area (Å²) in [5.41, 5.74) is 0.264. The summed E-state index contributed by atoms with van der Waals surface area (Å²) in [6, 6.07) is 13.3. The quantitative estimate of drug-likeness (QED) is 0.875. The highest BCUT2D eigenvalue weighted by molar-refractivity contribution is 7.89. The molecule has 8 heteroatoms. The molecule has 0 spiro atoms. The Bertz CT molecular complexity index is 746. The molecule has 0 aromatic heterocycles. The second-order valence-electron chi connectivity index (χ2n) is 4.62. The fourth-order valence-electron chi connectivity index (χ4n) is 1.94. The molecule has 0 fully saturated rings. The molecule has 0 aliphatic rings. The molecule has 0 radical (unpaired) electrons. The van der Waals surface area contributed by atoms with Gasteiger partial charge in [0.05, 0.1) is 4.90 Å². The summed E-state index contributed by atoms with van der Waals surface area (Å²) in [7, 11) is -3.69. The molecule has 0 saturated carbocycles. The van der Waals surface area contributed by atoms with Crippen molar-refractivity contribution in [2.45, 2.75) is 17.7 Å². The molecule has 0 heterocycles. The van der Waals surface area contributed by atoms with E-state index in [1.807, 2.05) is 0 Å². The summed E-state index contributed by atoms with van der Waals surface area (Å²) in [6.07, 6.45) is -4.72. The van der Waals surface area contributed by atoms with Crippen LogP contribution >= 0.6 is 0 Å². The van der Waals surface area contributed by atoms with E-state index in [1.54, 1.807) is 24.3 Å². The number of halogens is 3. The zero-order valence-corrected chi connectivity index (χ0v) is 12.7. The van der Waals surface area contributed by atoms with Gasteiger partial charge in [-0.25, -0.2) is 13.1 Å². The Morgan fingerprint density at radius 2 is 1.57 bits per heavy atom. The van der Waals surface area contributed by atoms with Crippen molar-refractivity contribution >= 4 is 10.0 Å². The lowest BCUT2D eigenvalue weighted by atomic mass is 10.1. The summed E-state index contributed by atoms with van der Waals surface area (Å²) in [5, 5.41) is 0. The average molecular weight is 345 g/mol. The molecule has 0 unspecified atom stereocenters. The molecular formula is C15H14F3NO3S. The van der Waals surface area contributed by atoms with Gasteiger partial charge < -0.3 is 4.74 Å². The molecule has 1 N–H and O–H groups in total. The van der Waals surface area contributed by atoms with Crippen LogP contribution in [-0.2, 0) is 16.4 Å². The zero-order valence-electron chi connectivity index (χ0n) is 11.9. The van der Waals surface area contributed by atoms with E-state index in [2.05, 4.69) is 9.46 Å². The number of alkyl halides is 3. The molecule has 0 atom stereocenters. The normalized spacial score (nSPS) is 12.1. The Kier molecular flexibility index (Phi) is 5.27. The Morgan fingerprint density at radius 1 is 0.957 bits per heavy atom. The second-order valence-corrected chi connectivity index (χ2v) is 6.38. The summed E-state index contributed by atoms with van der Waals surface area (Å²) in [4.78, 5) is 0.0971. The molecular weight excluding hydrogens is 331 g/mol. The molecule has 0 bridgehead atoms. The van der Waals surface area contributed by atoms with Gasteiger partial charge in [-0.2, -0.15) is 0 Å². The molecule has 0 aliphatic carbocycles. The van der Waals surface area contributed by atoms with Gasteiger partial charge in [-0.15, -0.1) is 13.2 Å². The molecule has 0 amide bonds. The van der Waals surface area contributed by atoms with Crippen molar-refractivity contribution in [2.24, 2.45) is 0 Å². The minimum atomic E-state index is -4.79. The third-order valence-corrected chi connectivity index (χ3v) is 4.42. The third kappa shape index (κ3) is 5.26. The van der Waals surface area contributed by atoms with E-state index in [1.165, 1.54) is 30.3 Å². The summed E-state index contributed by atoms with van der Waals surface area (Å²) >= 11 is 0. The average Bonchev–Trinajstić information content (AvgIpc) is 2.48. The Labute approximate surface area is 132 Å². The van der Waals surface area contributed by atoms with Crippen LogP contribution in [0.1, 0.15) is 5.56 Å². The third-order valence-electron chi connectivity index (χ3n) is 2.94. The number of hydrogen-bond donors (Lipinski definition) is 1. The first-order valence-corrected chi connectivity index (χ1v) is 8.15. The van der Waals surface area contributed by atoms with Crippen LogP contribution in [0.2, 0.25) is 0 Å². The van der Waals surface area contributed by atoms with Gasteiger partial charge in [0.2, 0.25) is 10.0 Å². The van der Waals surface area contributed by atoms with Crippen molar-refractivity contribution in [3.63, 3.8) is 0 Å². The zero-order chi connectivity index (χ0) is 16.9. The number of nitrogens with one attached hydrogen (secondary N) is 1. The number of rotatable bonds is 6. The first kappa shape index (κ1) is 17.3. The van der Waals surface area contributed by atoms with Gasteiger partial charge in [0.15, 0.2) is 0 Å². The Morgan fingerprint density at radius 3 is 2.22 bits per heavy atom. The topological polar surface area (TPSA) is 55.4 Å². The van der Waals surface area contributed by atoms with Gasteiger partial charge in [0.1, 0.15) is 5.75 Å². The maximum Gasteiger partial charge on any atom is 0.573 e. The fourth-order valence-corrected chi connectivity index (χ4v) is 2.99. The van der Waals surface area contributed by atoms with Crippen molar-refractivity contribution in [2.75, 3.05) is 6.54 Å². The van der Waals surface area contributed by atoms with Crippen LogP contribution in [0.25, 0.3) is 0 Å². The van der Waals surface area contributed by atoms with Gasteiger partial charge in [-0.3, -0.25) is 0 Å². The highest BCUT2D eigenvalue weighted by atomic mass is 32.2. The number of ether oxygens (including phenoxy) is 1. The van der Waals surface area contributed by atoms with Crippen molar-refractivity contribution in [1.82, 2.24) is 4.72 Å². The highest BCUT2D eigenvalue weighted by Gasteiger charge is 2.31. The summed E-state index contributed by atoms with van der Waals surface area (Å²) in [6.45, 7) is -0.0462. The van der Waals surface area contributed by atoms with Crippen LogP contribution in [0.15, 0.2) is 59.5 Å². The maximum atomic E-state index is 12.3. The lowest BCUT2D eigenvalue weighted by Crippen LogP contribution is -2.26. The van der Waals surface area contributed by atoms with Crippen molar-refractivity contribution in [1.29, 1.82) is 0 Å². The monoisotopic (exact) mass is 345 g/mol. The highest BCUT2D eigenvalue weighted by Crippen LogP contribution is 2.26. The van der Waals surface area contributed by atoms with Crippen LogP contribution in [0.4, 0.5) is 13.2 Å². The standard InChI is InChI=1S/C15H14F3NO3S/c16-15(17,18)22-14-9-5-4-6-12(14)10-11-19-23(20,21)13-7-2-1-3-8-13/h1-9,19H,10-11H2. The van der Waals surface area contributed by atoms with E-state index in [0.717, 1.165) is 0 Å². The maximum absolute atomic E-state index is 12.3. The predicted octanol–water partition coefficient (Wildman–Crippen LogP) is 3.11. The second kappa shape index (κ2) is 7.01. The van der Waals surface area contributed by atoms with Crippen molar-refractivity contribution in [3.05, 3.63) is 60.2 Å². The van der Waals surface area contributed by atoms with E-state index in [-0.39, 0.29) is 29.2 Å². The van der Waals surface area contributed by atoms with Gasteiger partial charge >= 0.3 is 6.36 Å². The number of para-hydroxylation sites is 1. The predicted molar refractivity (Wildman–Crippen MR) is 78.5 cm³/mol. The van der Waals surface area contributed by atoms with Crippen LogP contribution in [0.5, 0.6) is 5.75 Å². The van der Waals surface area contributed by atoms with Crippen LogP contribution in [-0.4, -0.2) is 21.3 Å². The summed E-state index contributed by atoms with van der Waals surface area (Å²) < 4.78 is 67.3. The Balaban J connectivity index is 2.02. The fraction of sp³-hybridized carbons (Fsp3) is 0.200. The van der Waals surface area contributed by atoms with E-state index in [0.29, 0.717) is 0 Å². The summed E-state index contributed by atoms with van der Waals surface area (Å²) in [5.74, 6) is -0.334. The smallest absolute Gasteiger partial charge is 0.406 e. The minimum absolute atomic E-state index is 0.0462. The van der Waals surface area contributed by atoms with Crippen molar-refractivity contribution < 1.29 is 26.3 Å². The first-order chi connectivity index (χ1) is 10.8. The van der Waals surface area contributed by atoms with E-state index in [4.69, 9.17) is 0 Å². The molecule has 4 nitrogen and oxygen atoms in total. The molecule has 0 saturated heterocycles. The number of sulfonamides is 1. The SMILES string of the molecule is O=S(=O)(NCCc1ccccc1OC(F)(F)F)c1ccccc1. The molecule has 2 aromatic rings. The molecule has 124 valence electrons. The van der Waals surface area contributed by atoms with Gasteiger partial charge in [-0.1, -0.05) is 36.4 Å². The first-order valence-electron chi connectivity index (χ1n) is 6.66. The van der Waals surface area contributed by atoms with Gasteiger partial charge in [0, 0.05) is 6.54 Å². The van der Waals surface area contributed by atoms with E-state index in [9.17, 15) is 21.6 Å². The molecule has 2 rings (SSSR count). The lowest BCUT2D eigenvalue weighted by Gasteiger charge is -2.13. The van der Waals surface area contributed by atoms with Crippen LogP contribution < -0.4 is 9.46 Å². The van der Waals surface area contributed by atoms with Gasteiger partial charge in [0.25, 0.3) is 0 Å². The van der Waals surface area contributed by atoms with Crippen molar-refractivity contribution in [3.8, 4) is 5.75 Å². The lowest BCUT2D eigenvalue weighted by molar-refractivity contribution is -0.274. The minimum Gasteiger partial charge on any atom is -0.406 e. The van der Waals surface area contributed by atoms with E-state index >= 15 is 0 Å². The largest absolute Gasteiger partial charge is 0.573 e. The molecule has 0 aliphatic heterocycles. The molecule has 23 heavy (non-hydrogen) atoms. The van der Waals surface area contributed by atoms with E-state index < -0.39 is 16.4 Å². The van der Waals surface area contributed by atoms with Gasteiger partial charge in [-0.05, 0) is 30.2 Å². The number of hydrogen-bond acceptors (Lipinski definition) is 3. The van der Waals surface area contributed by atoms with Crippen LogP contribution in [0.3, 0.4) is 0 Å². The Hall–Kier alpha value is -2.06. The molecule has 2 aromatic carbocycles.